The van der Waals surface area contributed by atoms with Crippen molar-refractivity contribution in [2.45, 2.75) is 18.9 Å². The summed E-state index contributed by atoms with van der Waals surface area (Å²) in [4.78, 5) is 0. The molecule has 9 heavy (non-hydrogen) atoms. The molecule has 0 bridgehead atoms. The summed E-state index contributed by atoms with van der Waals surface area (Å²) in [5, 5.41) is 25.5. The van der Waals surface area contributed by atoms with Crippen LogP contribution >= 0.6 is 0 Å². The van der Waals surface area contributed by atoms with E-state index in [9.17, 15) is 0 Å². The minimum atomic E-state index is -0.728. The van der Waals surface area contributed by atoms with E-state index in [1.807, 2.05) is 0 Å². The highest BCUT2D eigenvalue weighted by atomic mass is 16.3. The van der Waals surface area contributed by atoms with Gasteiger partial charge in [-0.25, -0.2) is 0 Å². The topological polar surface area (TPSA) is 60.7 Å². The first kappa shape index (κ1) is 8.46. The molecule has 0 aliphatic heterocycles. The first-order chi connectivity index (χ1) is 4.16. The van der Waals surface area contributed by atoms with Crippen molar-refractivity contribution < 1.29 is 15.3 Å². The van der Waals surface area contributed by atoms with Gasteiger partial charge in [0, 0.05) is 6.42 Å². The lowest BCUT2D eigenvalue weighted by Gasteiger charge is -2.03. The predicted molar refractivity (Wildman–Crippen MR) is 34.1 cm³/mol. The van der Waals surface area contributed by atoms with E-state index in [1.54, 1.807) is 0 Å². The largest absolute Gasteiger partial charge is 0.513 e. The molecule has 0 spiro atoms. The summed E-state index contributed by atoms with van der Waals surface area (Å²) in [6.07, 6.45) is -0.0120. The van der Waals surface area contributed by atoms with Crippen LogP contribution in [0.3, 0.4) is 0 Å². The Balaban J connectivity index is 3.16. The second-order valence-corrected chi connectivity index (χ2v) is 1.94. The van der Waals surface area contributed by atoms with Crippen LogP contribution in [-0.2, 0) is 0 Å². The third-order valence-electron chi connectivity index (χ3n) is 0.977. The molecule has 0 saturated carbocycles. The molecule has 0 radical (unpaired) electrons. The molecule has 0 aliphatic rings. The second kappa shape index (κ2) is 4.35. The highest BCUT2D eigenvalue weighted by Gasteiger charge is 2.00. The van der Waals surface area contributed by atoms with Crippen molar-refractivity contribution in [2.24, 2.45) is 0 Å². The average Bonchev–Trinajstić information content (AvgIpc) is 1.83. The van der Waals surface area contributed by atoms with Gasteiger partial charge in [0.05, 0.1) is 18.5 Å². The fourth-order valence-electron chi connectivity index (χ4n) is 0.425. The van der Waals surface area contributed by atoms with Crippen LogP contribution in [0.2, 0.25) is 0 Å². The quantitative estimate of drug-likeness (QED) is 0.478. The molecule has 3 N–H and O–H groups in total. The van der Waals surface area contributed by atoms with E-state index in [2.05, 4.69) is 6.58 Å². The molecule has 0 fully saturated rings. The first-order valence-electron chi connectivity index (χ1n) is 2.82. The molecule has 0 aromatic carbocycles. The van der Waals surface area contributed by atoms with Gasteiger partial charge in [-0.2, -0.15) is 0 Å². The third kappa shape index (κ3) is 5.33. The van der Waals surface area contributed by atoms with Gasteiger partial charge in [-0.1, -0.05) is 6.58 Å². The van der Waals surface area contributed by atoms with Crippen molar-refractivity contribution in [1.29, 1.82) is 0 Å². The summed E-state index contributed by atoms with van der Waals surface area (Å²) in [5.74, 6) is 0.0440. The fraction of sp³-hybridized carbons (Fsp3) is 0.667. The summed E-state index contributed by atoms with van der Waals surface area (Å²) in [5.41, 5.74) is 0. The molecule has 0 saturated heterocycles. The minimum Gasteiger partial charge on any atom is -0.513 e. The summed E-state index contributed by atoms with van der Waals surface area (Å²) < 4.78 is 0. The third-order valence-corrected chi connectivity index (χ3v) is 0.977. The molecule has 0 unspecified atom stereocenters. The van der Waals surface area contributed by atoms with E-state index in [-0.39, 0.29) is 12.4 Å². The molecule has 54 valence electrons. The normalized spacial score (nSPS) is 13.1. The smallest absolute Gasteiger partial charge is 0.0852 e. The number of hydrogen-bond acceptors (Lipinski definition) is 3. The van der Waals surface area contributed by atoms with Gasteiger partial charge in [0.1, 0.15) is 0 Å². The van der Waals surface area contributed by atoms with Gasteiger partial charge < -0.3 is 15.3 Å². The van der Waals surface area contributed by atoms with Crippen LogP contribution in [0.4, 0.5) is 0 Å². The molecule has 0 amide bonds. The number of hydrogen-bond donors (Lipinski definition) is 3. The summed E-state index contributed by atoms with van der Waals surface area (Å²) in [6.45, 7) is 2.97. The molecule has 0 rings (SSSR count). The standard InChI is InChI=1S/C6H12O3/c1-5(8)2-3-6(9)4-7/h6-9H,1-4H2/t6-/m0/s1. The van der Waals surface area contributed by atoms with Crippen LogP contribution in [0, 0.1) is 0 Å². The Morgan fingerprint density at radius 2 is 2.11 bits per heavy atom. The second-order valence-electron chi connectivity index (χ2n) is 1.94. The van der Waals surface area contributed by atoms with Crippen molar-refractivity contribution >= 4 is 0 Å². The van der Waals surface area contributed by atoms with Gasteiger partial charge in [-0.3, -0.25) is 0 Å². The SMILES string of the molecule is C=C(O)CC[C@H](O)CO. The number of rotatable bonds is 4. The molecule has 3 nitrogen and oxygen atoms in total. The molecular weight excluding hydrogens is 120 g/mol. The Bertz CT molecular complexity index is 90.3. The molecule has 0 aliphatic carbocycles. The van der Waals surface area contributed by atoms with Crippen LogP contribution in [0.1, 0.15) is 12.8 Å². The van der Waals surface area contributed by atoms with E-state index < -0.39 is 6.10 Å². The zero-order valence-corrected chi connectivity index (χ0v) is 5.25. The van der Waals surface area contributed by atoms with Gasteiger partial charge in [-0.05, 0) is 6.42 Å². The van der Waals surface area contributed by atoms with Gasteiger partial charge >= 0.3 is 0 Å². The Kier molecular flexibility index (Phi) is 4.09. The Hall–Kier alpha value is -0.540. The van der Waals surface area contributed by atoms with Crippen LogP contribution in [-0.4, -0.2) is 28.0 Å². The maximum Gasteiger partial charge on any atom is 0.0852 e. The van der Waals surface area contributed by atoms with Gasteiger partial charge in [0.25, 0.3) is 0 Å². The molecular formula is C6H12O3. The first-order valence-corrected chi connectivity index (χ1v) is 2.82. The van der Waals surface area contributed by atoms with Crippen molar-refractivity contribution in [3.05, 3.63) is 12.3 Å². The Morgan fingerprint density at radius 1 is 1.56 bits per heavy atom. The van der Waals surface area contributed by atoms with Crippen LogP contribution in [0.15, 0.2) is 12.3 Å². The lowest BCUT2D eigenvalue weighted by molar-refractivity contribution is 0.0861. The lowest BCUT2D eigenvalue weighted by atomic mass is 10.2. The maximum absolute atomic E-state index is 8.70. The summed E-state index contributed by atoms with van der Waals surface area (Å²) in [7, 11) is 0. The maximum atomic E-state index is 8.70. The summed E-state index contributed by atoms with van der Waals surface area (Å²) >= 11 is 0. The van der Waals surface area contributed by atoms with Gasteiger partial charge in [-0.15, -0.1) is 0 Å². The minimum absolute atomic E-state index is 0.0440. The van der Waals surface area contributed by atoms with Crippen molar-refractivity contribution in [3.63, 3.8) is 0 Å². The fourth-order valence-corrected chi connectivity index (χ4v) is 0.425. The highest BCUT2D eigenvalue weighted by Crippen LogP contribution is 2.00. The van der Waals surface area contributed by atoms with E-state index in [0.29, 0.717) is 12.8 Å². The number of allylic oxidation sites excluding steroid dienone is 1. The molecule has 3 heteroatoms. The van der Waals surface area contributed by atoms with Crippen molar-refractivity contribution in [3.8, 4) is 0 Å². The molecule has 0 aromatic rings. The molecule has 0 heterocycles. The number of aliphatic hydroxyl groups excluding tert-OH is 3. The number of aliphatic hydroxyl groups is 3. The molecule has 0 aromatic heterocycles. The Morgan fingerprint density at radius 3 is 2.44 bits per heavy atom. The zero-order chi connectivity index (χ0) is 7.28. The zero-order valence-electron chi connectivity index (χ0n) is 5.25. The van der Waals surface area contributed by atoms with Crippen molar-refractivity contribution in [2.75, 3.05) is 6.61 Å². The summed E-state index contributed by atoms with van der Waals surface area (Å²) in [6, 6.07) is 0. The monoisotopic (exact) mass is 132 g/mol. The van der Waals surface area contributed by atoms with E-state index in [1.165, 1.54) is 0 Å². The van der Waals surface area contributed by atoms with Gasteiger partial charge in [0.15, 0.2) is 0 Å². The predicted octanol–water partition coefficient (Wildman–Crippen LogP) is 0.191. The van der Waals surface area contributed by atoms with Crippen LogP contribution < -0.4 is 0 Å². The van der Waals surface area contributed by atoms with Gasteiger partial charge in [0.2, 0.25) is 0 Å². The lowest BCUT2D eigenvalue weighted by Crippen LogP contribution is -2.11. The van der Waals surface area contributed by atoms with E-state index >= 15 is 0 Å². The highest BCUT2D eigenvalue weighted by molar-refractivity contribution is 4.79. The van der Waals surface area contributed by atoms with Crippen LogP contribution in [0.5, 0.6) is 0 Å². The Labute approximate surface area is 54.3 Å². The van der Waals surface area contributed by atoms with Crippen LogP contribution in [0.25, 0.3) is 0 Å². The van der Waals surface area contributed by atoms with E-state index in [0.717, 1.165) is 0 Å². The van der Waals surface area contributed by atoms with E-state index in [4.69, 9.17) is 15.3 Å². The average molecular weight is 132 g/mol. The van der Waals surface area contributed by atoms with Crippen molar-refractivity contribution in [1.82, 2.24) is 0 Å². The molecule has 1 atom stereocenters.